The summed E-state index contributed by atoms with van der Waals surface area (Å²) in [5.74, 6) is -2.28. The maximum Gasteiger partial charge on any atom is 0.266 e. The molecule has 2 unspecified atom stereocenters. The average molecular weight is 767 g/mol. The molecule has 4 aromatic rings. The van der Waals surface area contributed by atoms with Gasteiger partial charge in [-0.25, -0.2) is 8.51 Å². The molecule has 1 fully saturated rings. The molecule has 7 rings (SSSR count). The van der Waals surface area contributed by atoms with E-state index in [0.717, 1.165) is 4.90 Å². The number of carbonyl (C=O) groups excluding carboxylic acids is 6. The molecule has 0 saturated carbocycles. The lowest BCUT2D eigenvalue weighted by atomic mass is 9.97. The van der Waals surface area contributed by atoms with Gasteiger partial charge in [0.2, 0.25) is 17.7 Å². The van der Waals surface area contributed by atoms with Crippen LogP contribution in [-0.2, 0) is 32.1 Å². The Labute approximate surface area is 318 Å². The van der Waals surface area contributed by atoms with Crippen LogP contribution in [-0.4, -0.2) is 82.4 Å². The van der Waals surface area contributed by atoms with Crippen molar-refractivity contribution in [2.24, 2.45) is 0 Å². The number of hydrogen-bond acceptors (Lipinski definition) is 9. The van der Waals surface area contributed by atoms with Gasteiger partial charge in [0.15, 0.2) is 0 Å². The van der Waals surface area contributed by atoms with Gasteiger partial charge in [-0.05, 0) is 79.8 Å². The van der Waals surface area contributed by atoms with E-state index < -0.39 is 40.9 Å². The summed E-state index contributed by atoms with van der Waals surface area (Å²) in [5, 5.41) is 9.56. The van der Waals surface area contributed by atoms with Gasteiger partial charge in [-0.2, -0.15) is 0 Å². The number of carbonyl (C=O) groups is 6. The van der Waals surface area contributed by atoms with Gasteiger partial charge in [0, 0.05) is 49.4 Å². The number of unbranched alkanes of at least 4 members (excludes halogenated alkanes) is 1. The maximum absolute atomic E-state index is 13.3. The fourth-order valence-corrected chi connectivity index (χ4v) is 8.02. The van der Waals surface area contributed by atoms with Gasteiger partial charge in [0.05, 0.1) is 40.9 Å². The minimum absolute atomic E-state index is 0.0379. The van der Waals surface area contributed by atoms with E-state index >= 15 is 0 Å². The zero-order valence-corrected chi connectivity index (χ0v) is 30.9. The third kappa shape index (κ3) is 6.89. The number of nitrogens with zero attached hydrogens (tertiary/aromatic N) is 3. The summed E-state index contributed by atoms with van der Waals surface area (Å²) < 4.78 is 30.0. The molecule has 0 aliphatic carbocycles. The van der Waals surface area contributed by atoms with Crippen LogP contribution in [0.2, 0.25) is 0 Å². The highest BCUT2D eigenvalue weighted by atomic mass is 32.2. The zero-order chi connectivity index (χ0) is 39.0. The molecule has 3 aliphatic rings. The second-order valence-corrected chi connectivity index (χ2v) is 14.2. The molecule has 6 amide bonds. The van der Waals surface area contributed by atoms with Crippen molar-refractivity contribution in [1.29, 1.82) is 0 Å². The molecule has 3 heterocycles. The number of benzene rings is 4. The molecule has 2 atom stereocenters. The predicted molar refractivity (Wildman–Crippen MR) is 205 cm³/mol. The lowest BCUT2D eigenvalue weighted by Gasteiger charge is -2.27. The van der Waals surface area contributed by atoms with Gasteiger partial charge in [-0.3, -0.25) is 43.5 Å². The van der Waals surface area contributed by atoms with Crippen LogP contribution in [0.5, 0.6) is 5.75 Å². The van der Waals surface area contributed by atoms with E-state index in [1.54, 1.807) is 61.6 Å². The van der Waals surface area contributed by atoms with Crippen molar-refractivity contribution in [1.82, 2.24) is 15.5 Å². The van der Waals surface area contributed by atoms with Crippen molar-refractivity contribution in [3.8, 4) is 5.75 Å². The molecule has 3 aliphatic heterocycles. The highest BCUT2D eigenvalue weighted by molar-refractivity contribution is 7.81. The molecule has 284 valence electrons. The number of hydrogen-bond donors (Lipinski definition) is 4. The van der Waals surface area contributed by atoms with E-state index in [9.17, 15) is 37.5 Å². The molecule has 0 radical (unpaired) electrons. The second-order valence-electron chi connectivity index (χ2n) is 13.4. The third-order valence-corrected chi connectivity index (χ3v) is 10.8. The van der Waals surface area contributed by atoms with Crippen LogP contribution in [0.15, 0.2) is 66.7 Å². The first kappa shape index (κ1) is 37.2. The number of methoxy groups -OCH3 is 1. The number of nitrogens with one attached hydrogen (secondary N) is 3. The standard InChI is InChI=1S/C39H38N6O9S/c1-43-29-14-13-27(45(55(52)53)28-10-3-4-11-31(28)54-2)24-20-22(21-25(34(24)29)37(43)49)12-16-32(46)41-19-6-5-18-40-26-9-7-8-23-35(26)39(51)44(38(23)50)30-15-17-33(47)42-36(30)48/h3-4,7-11,13-14,20-21,30,40H,5-6,12,15-19H2,1-2H3,(H,41,46)(H,52,53)(H,42,47,48). The molecule has 4 aromatic carbocycles. The van der Waals surface area contributed by atoms with E-state index in [4.69, 9.17) is 4.74 Å². The van der Waals surface area contributed by atoms with Crippen molar-refractivity contribution >= 4 is 80.2 Å². The van der Waals surface area contributed by atoms with Crippen molar-refractivity contribution in [3.63, 3.8) is 0 Å². The zero-order valence-electron chi connectivity index (χ0n) is 30.0. The molecule has 16 heteroatoms. The SMILES string of the molecule is COc1ccccc1N(c1ccc2c3c(cc(CCC(=O)NCCCCNc4cccc5c4C(=O)N(C4CCC(=O)NC4=O)C5=O)cc13)C(=O)N2C)S(=O)O. The van der Waals surface area contributed by atoms with Crippen LogP contribution in [0.25, 0.3) is 10.8 Å². The monoisotopic (exact) mass is 766 g/mol. The number of fused-ring (bicyclic) bond motifs is 1. The Hall–Kier alpha value is -6.13. The fraction of sp³-hybridized carbons (Fsp3) is 0.282. The van der Waals surface area contributed by atoms with Gasteiger partial charge in [0.1, 0.15) is 11.8 Å². The van der Waals surface area contributed by atoms with Gasteiger partial charge in [-0.1, -0.05) is 18.2 Å². The van der Waals surface area contributed by atoms with E-state index in [-0.39, 0.29) is 42.2 Å². The first-order valence-electron chi connectivity index (χ1n) is 17.8. The van der Waals surface area contributed by atoms with E-state index in [1.165, 1.54) is 22.4 Å². The van der Waals surface area contributed by atoms with E-state index in [0.29, 0.717) is 82.8 Å². The van der Waals surface area contributed by atoms with Crippen LogP contribution < -0.4 is 29.9 Å². The van der Waals surface area contributed by atoms with Gasteiger partial charge >= 0.3 is 0 Å². The maximum atomic E-state index is 13.3. The molecule has 0 spiro atoms. The third-order valence-electron chi connectivity index (χ3n) is 10.1. The normalized spacial score (nSPS) is 16.7. The lowest BCUT2D eigenvalue weighted by Crippen LogP contribution is -2.54. The van der Waals surface area contributed by atoms with Crippen LogP contribution >= 0.6 is 0 Å². The van der Waals surface area contributed by atoms with Gasteiger partial charge in [-0.15, -0.1) is 0 Å². The largest absolute Gasteiger partial charge is 0.495 e. The Kier molecular flexibility index (Phi) is 10.4. The highest BCUT2D eigenvalue weighted by Crippen LogP contribution is 2.45. The summed E-state index contributed by atoms with van der Waals surface area (Å²) in [6.45, 7) is 0.841. The quantitative estimate of drug-likeness (QED) is 0.0826. The van der Waals surface area contributed by atoms with Crippen molar-refractivity contribution in [2.45, 2.75) is 44.6 Å². The number of para-hydroxylation sites is 2. The number of piperidine rings is 1. The Morgan fingerprint density at radius 3 is 2.49 bits per heavy atom. The number of ether oxygens (including phenoxy) is 1. The van der Waals surface area contributed by atoms with Gasteiger partial charge in [0.25, 0.3) is 29.0 Å². The average Bonchev–Trinajstić information content (AvgIpc) is 3.57. The minimum atomic E-state index is -2.49. The van der Waals surface area contributed by atoms with Crippen LogP contribution in [0, 0.1) is 0 Å². The van der Waals surface area contributed by atoms with Crippen molar-refractivity contribution < 1.29 is 42.3 Å². The summed E-state index contributed by atoms with van der Waals surface area (Å²) in [4.78, 5) is 79.1. The number of aryl methyl sites for hydroxylation is 1. The molecule has 1 saturated heterocycles. The second kappa shape index (κ2) is 15.3. The Balaban J connectivity index is 0.964. The molecular weight excluding hydrogens is 729 g/mol. The number of imide groups is 2. The molecule has 55 heavy (non-hydrogen) atoms. The van der Waals surface area contributed by atoms with Crippen molar-refractivity contribution in [2.75, 3.05) is 41.8 Å². The Morgan fingerprint density at radius 2 is 1.73 bits per heavy atom. The van der Waals surface area contributed by atoms with Crippen LogP contribution in [0.3, 0.4) is 0 Å². The number of rotatable bonds is 14. The summed E-state index contributed by atoms with van der Waals surface area (Å²) in [7, 11) is 3.15. The van der Waals surface area contributed by atoms with Crippen LogP contribution in [0.1, 0.15) is 68.7 Å². The summed E-state index contributed by atoms with van der Waals surface area (Å²) in [6, 6.07) is 17.7. The topological polar surface area (TPSA) is 195 Å². The number of anilines is 4. The Morgan fingerprint density at radius 1 is 0.945 bits per heavy atom. The van der Waals surface area contributed by atoms with Crippen molar-refractivity contribution in [3.05, 3.63) is 89.0 Å². The minimum Gasteiger partial charge on any atom is -0.495 e. The lowest BCUT2D eigenvalue weighted by molar-refractivity contribution is -0.136. The summed E-state index contributed by atoms with van der Waals surface area (Å²) in [6.07, 6.45) is 1.82. The Bertz CT molecular complexity index is 2310. The number of amides is 6. The van der Waals surface area contributed by atoms with Crippen LogP contribution in [0.4, 0.5) is 22.7 Å². The predicted octanol–water partition coefficient (Wildman–Crippen LogP) is 4.06. The molecular formula is C39H38N6O9S. The molecule has 0 bridgehead atoms. The smallest absolute Gasteiger partial charge is 0.266 e. The molecule has 4 N–H and O–H groups in total. The van der Waals surface area contributed by atoms with Gasteiger partial charge < -0.3 is 20.3 Å². The highest BCUT2D eigenvalue weighted by Gasteiger charge is 2.45. The molecule has 15 nitrogen and oxygen atoms in total. The van der Waals surface area contributed by atoms with E-state index in [2.05, 4.69) is 16.0 Å². The fourth-order valence-electron chi connectivity index (χ4n) is 7.38. The van der Waals surface area contributed by atoms with E-state index in [1.807, 2.05) is 6.07 Å². The first-order valence-corrected chi connectivity index (χ1v) is 18.8. The molecule has 0 aromatic heterocycles. The summed E-state index contributed by atoms with van der Waals surface area (Å²) in [5.41, 5.74) is 3.44. The first-order chi connectivity index (χ1) is 26.5. The summed E-state index contributed by atoms with van der Waals surface area (Å²) >= 11 is -2.49.